The average molecular weight is 299 g/mol. The number of nitrogens with zero attached hydrogens (tertiary/aromatic N) is 1. The molecule has 3 rings (SSSR count). The van der Waals surface area contributed by atoms with Gasteiger partial charge >= 0.3 is 0 Å². The first-order valence-electron chi connectivity index (χ1n) is 7.63. The van der Waals surface area contributed by atoms with Crippen molar-refractivity contribution in [3.63, 3.8) is 0 Å². The number of amides is 1. The second-order valence-electron chi connectivity index (χ2n) is 5.89. The summed E-state index contributed by atoms with van der Waals surface area (Å²) in [4.78, 5) is 16.1. The third kappa shape index (κ3) is 3.35. The number of benzene rings is 1. The number of hydrogen-bond acceptors (Lipinski definition) is 2. The fourth-order valence-electron chi connectivity index (χ4n) is 2.87. The molecule has 0 bridgehead atoms. The standard InChI is InChI=1S/C18H21NOS/c1-14-8-10-19(11-9-14)18(20)17-7-3-2-5-15(17)13-16-6-4-12-21-16/h2-7,12,14H,8-11,13H2,1H3. The van der Waals surface area contributed by atoms with Gasteiger partial charge in [-0.05, 0) is 41.8 Å². The van der Waals surface area contributed by atoms with E-state index in [0.29, 0.717) is 0 Å². The van der Waals surface area contributed by atoms with Crippen molar-refractivity contribution in [1.82, 2.24) is 4.90 Å². The second-order valence-corrected chi connectivity index (χ2v) is 6.92. The van der Waals surface area contributed by atoms with Gasteiger partial charge < -0.3 is 4.90 Å². The van der Waals surface area contributed by atoms with Gasteiger partial charge in [0, 0.05) is 30.0 Å². The summed E-state index contributed by atoms with van der Waals surface area (Å²) in [5.41, 5.74) is 2.02. The lowest BCUT2D eigenvalue weighted by atomic mass is 9.97. The van der Waals surface area contributed by atoms with Gasteiger partial charge in [0.1, 0.15) is 0 Å². The molecule has 2 nitrogen and oxygen atoms in total. The number of rotatable bonds is 3. The largest absolute Gasteiger partial charge is 0.339 e. The fourth-order valence-corrected chi connectivity index (χ4v) is 3.59. The Balaban J connectivity index is 1.79. The van der Waals surface area contributed by atoms with Crippen LogP contribution in [0.5, 0.6) is 0 Å². The summed E-state index contributed by atoms with van der Waals surface area (Å²) in [6, 6.07) is 12.3. The van der Waals surface area contributed by atoms with E-state index >= 15 is 0 Å². The van der Waals surface area contributed by atoms with E-state index in [2.05, 4.69) is 30.5 Å². The van der Waals surface area contributed by atoms with Gasteiger partial charge in [-0.25, -0.2) is 0 Å². The Hall–Kier alpha value is -1.61. The first kappa shape index (κ1) is 14.3. The fraction of sp³-hybridized carbons (Fsp3) is 0.389. The molecule has 21 heavy (non-hydrogen) atoms. The van der Waals surface area contributed by atoms with Crippen molar-refractivity contribution in [2.75, 3.05) is 13.1 Å². The lowest BCUT2D eigenvalue weighted by Crippen LogP contribution is -2.38. The number of likely N-dealkylation sites (tertiary alicyclic amines) is 1. The molecule has 1 aromatic carbocycles. The topological polar surface area (TPSA) is 20.3 Å². The van der Waals surface area contributed by atoms with Crippen molar-refractivity contribution in [2.45, 2.75) is 26.2 Å². The number of carbonyl (C=O) groups excluding carboxylic acids is 1. The zero-order chi connectivity index (χ0) is 14.7. The van der Waals surface area contributed by atoms with Crippen LogP contribution in [0.1, 0.15) is 40.6 Å². The van der Waals surface area contributed by atoms with E-state index in [1.807, 2.05) is 23.1 Å². The number of hydrogen-bond donors (Lipinski definition) is 0. The molecule has 0 saturated carbocycles. The summed E-state index contributed by atoms with van der Waals surface area (Å²) in [5, 5.41) is 2.09. The Kier molecular flexibility index (Phi) is 4.39. The summed E-state index contributed by atoms with van der Waals surface area (Å²) in [5.74, 6) is 0.949. The molecule has 0 unspecified atom stereocenters. The van der Waals surface area contributed by atoms with E-state index in [1.165, 1.54) is 4.88 Å². The van der Waals surface area contributed by atoms with E-state index in [1.54, 1.807) is 11.3 Å². The van der Waals surface area contributed by atoms with Gasteiger partial charge in [0.05, 0.1) is 0 Å². The molecule has 1 aromatic heterocycles. The third-order valence-corrected chi connectivity index (χ3v) is 5.14. The maximum absolute atomic E-state index is 12.8. The first-order valence-corrected chi connectivity index (χ1v) is 8.51. The van der Waals surface area contributed by atoms with Gasteiger partial charge in [0.15, 0.2) is 0 Å². The van der Waals surface area contributed by atoms with Crippen LogP contribution in [-0.2, 0) is 6.42 Å². The zero-order valence-corrected chi connectivity index (χ0v) is 13.2. The monoisotopic (exact) mass is 299 g/mol. The van der Waals surface area contributed by atoms with E-state index in [-0.39, 0.29) is 5.91 Å². The Labute approximate surface area is 130 Å². The van der Waals surface area contributed by atoms with Crippen LogP contribution >= 0.6 is 11.3 Å². The molecule has 3 heteroatoms. The lowest BCUT2D eigenvalue weighted by molar-refractivity contribution is 0.0696. The van der Waals surface area contributed by atoms with Crippen molar-refractivity contribution in [3.05, 3.63) is 57.8 Å². The quantitative estimate of drug-likeness (QED) is 0.831. The average Bonchev–Trinajstić information content (AvgIpc) is 3.01. The van der Waals surface area contributed by atoms with E-state index in [0.717, 1.165) is 49.4 Å². The van der Waals surface area contributed by atoms with Crippen LogP contribution in [0.4, 0.5) is 0 Å². The molecule has 0 atom stereocenters. The van der Waals surface area contributed by atoms with E-state index < -0.39 is 0 Å². The normalized spacial score (nSPS) is 16.1. The highest BCUT2D eigenvalue weighted by Gasteiger charge is 2.23. The molecule has 1 saturated heterocycles. The van der Waals surface area contributed by atoms with Crippen molar-refractivity contribution in [1.29, 1.82) is 0 Å². The Morgan fingerprint density at radius 3 is 2.67 bits per heavy atom. The van der Waals surface area contributed by atoms with Crippen LogP contribution in [0.2, 0.25) is 0 Å². The molecule has 1 amide bonds. The van der Waals surface area contributed by atoms with Gasteiger partial charge in [-0.2, -0.15) is 0 Å². The summed E-state index contributed by atoms with van der Waals surface area (Å²) >= 11 is 1.75. The number of thiophene rings is 1. The maximum Gasteiger partial charge on any atom is 0.254 e. The van der Waals surface area contributed by atoms with Crippen LogP contribution in [0.3, 0.4) is 0 Å². The van der Waals surface area contributed by atoms with Crippen molar-refractivity contribution >= 4 is 17.2 Å². The molecule has 0 N–H and O–H groups in total. The van der Waals surface area contributed by atoms with Crippen LogP contribution < -0.4 is 0 Å². The molecule has 1 aliphatic rings. The third-order valence-electron chi connectivity index (χ3n) is 4.26. The summed E-state index contributed by atoms with van der Waals surface area (Å²) < 4.78 is 0. The van der Waals surface area contributed by atoms with Crippen molar-refractivity contribution in [2.24, 2.45) is 5.92 Å². The lowest BCUT2D eigenvalue weighted by Gasteiger charge is -2.30. The molecule has 110 valence electrons. The van der Waals surface area contributed by atoms with Gasteiger partial charge in [-0.15, -0.1) is 11.3 Å². The van der Waals surface area contributed by atoms with E-state index in [4.69, 9.17) is 0 Å². The summed E-state index contributed by atoms with van der Waals surface area (Å²) in [6.45, 7) is 4.06. The Morgan fingerprint density at radius 1 is 1.19 bits per heavy atom. The molecule has 0 radical (unpaired) electrons. The molecule has 2 heterocycles. The molecule has 0 spiro atoms. The van der Waals surface area contributed by atoms with Crippen LogP contribution in [0.25, 0.3) is 0 Å². The number of piperidine rings is 1. The SMILES string of the molecule is CC1CCN(C(=O)c2ccccc2Cc2cccs2)CC1. The Morgan fingerprint density at radius 2 is 1.95 bits per heavy atom. The molecule has 2 aromatic rings. The van der Waals surface area contributed by atoms with Crippen LogP contribution in [0, 0.1) is 5.92 Å². The molecule has 1 fully saturated rings. The predicted octanol–water partition coefficient (Wildman–Crippen LogP) is 4.21. The van der Waals surface area contributed by atoms with Crippen molar-refractivity contribution < 1.29 is 4.79 Å². The van der Waals surface area contributed by atoms with Crippen molar-refractivity contribution in [3.8, 4) is 0 Å². The summed E-state index contributed by atoms with van der Waals surface area (Å²) in [6.07, 6.45) is 3.10. The second kappa shape index (κ2) is 6.44. The molecule has 1 aliphatic heterocycles. The van der Waals surface area contributed by atoms with Gasteiger partial charge in [0.25, 0.3) is 5.91 Å². The van der Waals surface area contributed by atoms with Crippen LogP contribution in [0.15, 0.2) is 41.8 Å². The Bertz CT molecular complexity index is 597. The summed E-state index contributed by atoms with van der Waals surface area (Å²) in [7, 11) is 0. The minimum atomic E-state index is 0.203. The maximum atomic E-state index is 12.8. The zero-order valence-electron chi connectivity index (χ0n) is 12.4. The molecular weight excluding hydrogens is 278 g/mol. The minimum absolute atomic E-state index is 0.203. The minimum Gasteiger partial charge on any atom is -0.339 e. The van der Waals surface area contributed by atoms with Gasteiger partial charge in [-0.1, -0.05) is 31.2 Å². The highest BCUT2D eigenvalue weighted by molar-refractivity contribution is 7.09. The molecular formula is C18H21NOS. The smallest absolute Gasteiger partial charge is 0.254 e. The van der Waals surface area contributed by atoms with E-state index in [9.17, 15) is 4.79 Å². The highest BCUT2D eigenvalue weighted by Crippen LogP contribution is 2.22. The molecule has 0 aliphatic carbocycles. The number of carbonyl (C=O) groups is 1. The highest BCUT2D eigenvalue weighted by atomic mass is 32.1. The van der Waals surface area contributed by atoms with Gasteiger partial charge in [-0.3, -0.25) is 4.79 Å². The first-order chi connectivity index (χ1) is 10.2. The van der Waals surface area contributed by atoms with Crippen LogP contribution in [-0.4, -0.2) is 23.9 Å². The van der Waals surface area contributed by atoms with Gasteiger partial charge in [0.2, 0.25) is 0 Å². The predicted molar refractivity (Wildman–Crippen MR) is 87.9 cm³/mol.